The second kappa shape index (κ2) is 5.46. The zero-order valence-electron chi connectivity index (χ0n) is 10.5. The van der Waals surface area contributed by atoms with Crippen LogP contribution in [0, 0.1) is 0 Å². The van der Waals surface area contributed by atoms with Crippen molar-refractivity contribution in [3.8, 4) is 5.75 Å². The maximum absolute atomic E-state index is 11.4. The molecule has 2 atom stereocenters. The number of benzene rings is 1. The summed E-state index contributed by atoms with van der Waals surface area (Å²) in [6.07, 6.45) is -1.57. The minimum absolute atomic E-state index is 0.0900. The van der Waals surface area contributed by atoms with Gasteiger partial charge in [-0.25, -0.2) is 0 Å². The highest BCUT2D eigenvalue weighted by atomic mass is 35.5. The van der Waals surface area contributed by atoms with Crippen molar-refractivity contribution in [2.75, 3.05) is 13.1 Å². The van der Waals surface area contributed by atoms with Crippen LogP contribution in [-0.2, 0) is 6.54 Å². The van der Waals surface area contributed by atoms with Crippen molar-refractivity contribution >= 4 is 17.4 Å². The van der Waals surface area contributed by atoms with Gasteiger partial charge in [0.05, 0.1) is 17.8 Å². The molecule has 5 nitrogen and oxygen atoms in total. The molecule has 3 N–H and O–H groups in total. The highest BCUT2D eigenvalue weighted by molar-refractivity contribution is 6.31. The highest BCUT2D eigenvalue weighted by Gasteiger charge is 2.30. The third-order valence-electron chi connectivity index (χ3n) is 3.26. The van der Waals surface area contributed by atoms with Crippen LogP contribution in [0.4, 0.5) is 0 Å². The predicted octanol–water partition coefficient (Wildman–Crippen LogP) is 0.786. The van der Waals surface area contributed by atoms with Gasteiger partial charge >= 0.3 is 0 Å². The number of hydrogen-bond donors (Lipinski definition) is 3. The molecule has 19 heavy (non-hydrogen) atoms. The van der Waals surface area contributed by atoms with Gasteiger partial charge in [-0.05, 0) is 19.1 Å². The molecular formula is C13H16ClNO4. The van der Waals surface area contributed by atoms with Gasteiger partial charge in [0.15, 0.2) is 5.78 Å². The number of aliphatic hydroxyl groups excluding tert-OH is 2. The average molecular weight is 286 g/mol. The van der Waals surface area contributed by atoms with E-state index in [0.29, 0.717) is 30.2 Å². The number of phenolic OH excluding ortho intramolecular Hbond substituents is 1. The molecule has 1 aromatic carbocycles. The first kappa shape index (κ1) is 14.3. The number of halogens is 1. The van der Waals surface area contributed by atoms with Crippen molar-refractivity contribution in [2.45, 2.75) is 25.7 Å². The van der Waals surface area contributed by atoms with E-state index in [0.717, 1.165) is 0 Å². The number of rotatable bonds is 3. The molecule has 104 valence electrons. The van der Waals surface area contributed by atoms with E-state index in [1.807, 2.05) is 0 Å². The molecule has 1 fully saturated rings. The number of ketones is 1. The Hall–Kier alpha value is -1.14. The SMILES string of the molecule is CC(=O)c1cc(Cl)cc(CN2CC(O)C(O)C2)c1O. The summed E-state index contributed by atoms with van der Waals surface area (Å²) in [7, 11) is 0. The van der Waals surface area contributed by atoms with E-state index in [2.05, 4.69) is 0 Å². The molecular weight excluding hydrogens is 270 g/mol. The molecule has 0 amide bonds. The number of hydrogen-bond acceptors (Lipinski definition) is 5. The zero-order valence-corrected chi connectivity index (χ0v) is 11.3. The van der Waals surface area contributed by atoms with Crippen molar-refractivity contribution < 1.29 is 20.1 Å². The normalized spacial score (nSPS) is 23.8. The third kappa shape index (κ3) is 3.06. The molecule has 0 aromatic heterocycles. The lowest BCUT2D eigenvalue weighted by Gasteiger charge is -2.17. The summed E-state index contributed by atoms with van der Waals surface area (Å²) in [5.41, 5.74) is 0.696. The van der Waals surface area contributed by atoms with Crippen molar-refractivity contribution in [3.63, 3.8) is 0 Å². The van der Waals surface area contributed by atoms with Gasteiger partial charge in [-0.3, -0.25) is 9.69 Å². The number of aliphatic hydroxyl groups is 2. The molecule has 1 aromatic rings. The third-order valence-corrected chi connectivity index (χ3v) is 3.48. The largest absolute Gasteiger partial charge is 0.507 e. The van der Waals surface area contributed by atoms with Gasteiger partial charge in [-0.15, -0.1) is 0 Å². The van der Waals surface area contributed by atoms with Crippen LogP contribution in [0.5, 0.6) is 5.75 Å². The first-order valence-corrected chi connectivity index (χ1v) is 6.37. The fraction of sp³-hybridized carbons (Fsp3) is 0.462. The van der Waals surface area contributed by atoms with Crippen LogP contribution in [0.2, 0.25) is 5.02 Å². The van der Waals surface area contributed by atoms with Crippen molar-refractivity contribution in [1.29, 1.82) is 0 Å². The monoisotopic (exact) mass is 285 g/mol. The van der Waals surface area contributed by atoms with E-state index in [1.54, 1.807) is 11.0 Å². The van der Waals surface area contributed by atoms with Gasteiger partial charge in [0.25, 0.3) is 0 Å². The van der Waals surface area contributed by atoms with Gasteiger partial charge in [-0.2, -0.15) is 0 Å². The average Bonchev–Trinajstić information content (AvgIpc) is 2.62. The number of likely N-dealkylation sites (tertiary alicyclic amines) is 1. The van der Waals surface area contributed by atoms with Crippen molar-refractivity contribution in [1.82, 2.24) is 4.90 Å². The summed E-state index contributed by atoms with van der Waals surface area (Å²) in [4.78, 5) is 13.2. The molecule has 0 spiro atoms. The minimum Gasteiger partial charge on any atom is -0.507 e. The number of carbonyl (C=O) groups excluding carboxylic acids is 1. The van der Waals surface area contributed by atoms with Crippen LogP contribution in [0.1, 0.15) is 22.8 Å². The second-order valence-corrected chi connectivity index (χ2v) is 5.28. The molecule has 0 bridgehead atoms. The molecule has 1 heterocycles. The summed E-state index contributed by atoms with van der Waals surface area (Å²) in [5.74, 6) is -0.351. The quantitative estimate of drug-likeness (QED) is 0.715. The topological polar surface area (TPSA) is 81.0 Å². The Labute approximate surface area is 116 Å². The minimum atomic E-state index is -0.784. The number of carbonyl (C=O) groups is 1. The van der Waals surface area contributed by atoms with Crippen LogP contribution >= 0.6 is 11.6 Å². The Morgan fingerprint density at radius 2 is 1.95 bits per heavy atom. The molecule has 2 rings (SSSR count). The smallest absolute Gasteiger partial charge is 0.163 e. The number of Topliss-reactive ketones (excluding diaryl/α,β-unsaturated/α-hetero) is 1. The van der Waals surface area contributed by atoms with E-state index < -0.39 is 12.2 Å². The molecule has 0 aliphatic carbocycles. The maximum Gasteiger partial charge on any atom is 0.163 e. The lowest BCUT2D eigenvalue weighted by atomic mass is 10.1. The molecule has 6 heteroatoms. The Morgan fingerprint density at radius 3 is 2.47 bits per heavy atom. The fourth-order valence-corrected chi connectivity index (χ4v) is 2.50. The number of phenols is 1. The Kier molecular flexibility index (Phi) is 4.10. The summed E-state index contributed by atoms with van der Waals surface area (Å²) < 4.78 is 0. The first-order chi connectivity index (χ1) is 8.88. The van der Waals surface area contributed by atoms with Gasteiger partial charge < -0.3 is 15.3 Å². The Bertz CT molecular complexity index is 496. The summed E-state index contributed by atoms with van der Waals surface area (Å²) >= 11 is 5.93. The highest BCUT2D eigenvalue weighted by Crippen LogP contribution is 2.29. The lowest BCUT2D eigenvalue weighted by molar-refractivity contribution is 0.0572. The van der Waals surface area contributed by atoms with Crippen LogP contribution in [-0.4, -0.2) is 51.3 Å². The van der Waals surface area contributed by atoms with Gasteiger partial charge in [0.2, 0.25) is 0 Å². The van der Waals surface area contributed by atoms with E-state index in [4.69, 9.17) is 11.6 Å². The van der Waals surface area contributed by atoms with Crippen LogP contribution in [0.25, 0.3) is 0 Å². The number of nitrogens with zero attached hydrogens (tertiary/aromatic N) is 1. The maximum atomic E-state index is 11.4. The Balaban J connectivity index is 2.23. The van der Waals surface area contributed by atoms with Crippen LogP contribution in [0.15, 0.2) is 12.1 Å². The number of aromatic hydroxyl groups is 1. The van der Waals surface area contributed by atoms with E-state index >= 15 is 0 Å². The summed E-state index contributed by atoms with van der Waals surface area (Å²) in [5, 5.41) is 29.4. The molecule has 1 aliphatic heterocycles. The lowest BCUT2D eigenvalue weighted by Crippen LogP contribution is -2.22. The van der Waals surface area contributed by atoms with E-state index in [9.17, 15) is 20.1 Å². The molecule has 0 saturated carbocycles. The molecule has 2 unspecified atom stereocenters. The Morgan fingerprint density at radius 1 is 1.37 bits per heavy atom. The van der Waals surface area contributed by atoms with Crippen LogP contribution in [0.3, 0.4) is 0 Å². The zero-order chi connectivity index (χ0) is 14.2. The predicted molar refractivity (Wildman–Crippen MR) is 70.4 cm³/mol. The fourth-order valence-electron chi connectivity index (χ4n) is 2.26. The first-order valence-electron chi connectivity index (χ1n) is 5.99. The standard InChI is InChI=1S/C13H16ClNO4/c1-7(16)10-3-9(14)2-8(13(10)19)4-15-5-11(17)12(18)6-15/h2-3,11-12,17-19H,4-6H2,1H3. The summed E-state index contributed by atoms with van der Waals surface area (Å²) in [6, 6.07) is 3.01. The van der Waals surface area contributed by atoms with Crippen molar-refractivity contribution in [2.24, 2.45) is 0 Å². The summed E-state index contributed by atoms with van der Waals surface area (Å²) in [6.45, 7) is 2.32. The molecule has 0 radical (unpaired) electrons. The van der Waals surface area contributed by atoms with E-state index in [-0.39, 0.29) is 17.1 Å². The van der Waals surface area contributed by atoms with Gasteiger partial charge in [0.1, 0.15) is 5.75 Å². The van der Waals surface area contributed by atoms with E-state index in [1.165, 1.54) is 13.0 Å². The molecule has 1 aliphatic rings. The second-order valence-electron chi connectivity index (χ2n) is 4.85. The van der Waals surface area contributed by atoms with Gasteiger partial charge in [0, 0.05) is 30.2 Å². The van der Waals surface area contributed by atoms with Crippen LogP contribution < -0.4 is 0 Å². The number of β-amino-alcohol motifs (C(OH)–C–C–N with tert-alkyl or cyclic N) is 2. The van der Waals surface area contributed by atoms with Crippen molar-refractivity contribution in [3.05, 3.63) is 28.3 Å². The van der Waals surface area contributed by atoms with Gasteiger partial charge in [-0.1, -0.05) is 11.6 Å². The molecule has 1 saturated heterocycles.